The summed E-state index contributed by atoms with van der Waals surface area (Å²) in [4.78, 5) is 24.4. The van der Waals surface area contributed by atoms with E-state index in [1.807, 2.05) is 59.3 Å². The van der Waals surface area contributed by atoms with Gasteiger partial charge in [0.1, 0.15) is 11.9 Å². The molecule has 0 saturated carbocycles. The molecule has 1 aromatic heterocycles. The van der Waals surface area contributed by atoms with Crippen LogP contribution >= 0.6 is 0 Å². The summed E-state index contributed by atoms with van der Waals surface area (Å²) in [5, 5.41) is 9.86. The highest BCUT2D eigenvalue weighted by Gasteiger charge is 2.18. The monoisotopic (exact) mass is 511 g/mol. The Morgan fingerprint density at radius 2 is 1.63 bits per heavy atom. The summed E-state index contributed by atoms with van der Waals surface area (Å²) in [7, 11) is 0. The van der Waals surface area contributed by atoms with Crippen molar-refractivity contribution >= 4 is 22.7 Å². The number of ether oxygens (including phenoxy) is 1. The van der Waals surface area contributed by atoms with Crippen molar-refractivity contribution in [3.8, 4) is 5.75 Å². The number of rotatable bonds is 14. The molecule has 198 valence electrons. The molecular formula is C33H37NO4. The van der Waals surface area contributed by atoms with Crippen molar-refractivity contribution in [2.45, 2.75) is 71.4 Å². The van der Waals surface area contributed by atoms with Gasteiger partial charge < -0.3 is 14.4 Å². The molecular weight excluding hydrogens is 474 g/mol. The van der Waals surface area contributed by atoms with Gasteiger partial charge in [-0.2, -0.15) is 0 Å². The van der Waals surface area contributed by atoms with Crippen LogP contribution in [-0.2, 0) is 17.8 Å². The smallest absolute Gasteiger partial charge is 0.303 e. The lowest BCUT2D eigenvalue weighted by atomic mass is 10.0. The molecule has 38 heavy (non-hydrogen) atoms. The third-order valence-corrected chi connectivity index (χ3v) is 6.93. The standard InChI is InChI=1S/C33H37NO4/c1-3-5-12-31(25-16-14-24(9-4-2)15-17-25)38-27-20-18-26(19-21-27)33(37)29-23-34(22-8-13-32(35)36)30-11-7-6-10-28(29)30/h6-7,10-11,14-21,23,31H,3-5,8-9,12-13,22H2,1-2H3,(H,35,36). The summed E-state index contributed by atoms with van der Waals surface area (Å²) in [6, 6.07) is 23.9. The van der Waals surface area contributed by atoms with Crippen molar-refractivity contribution in [3.63, 3.8) is 0 Å². The van der Waals surface area contributed by atoms with E-state index in [1.165, 1.54) is 11.1 Å². The van der Waals surface area contributed by atoms with Gasteiger partial charge in [0.25, 0.3) is 0 Å². The number of aromatic nitrogens is 1. The van der Waals surface area contributed by atoms with Crippen molar-refractivity contribution in [2.75, 3.05) is 0 Å². The fraction of sp³-hybridized carbons (Fsp3) is 0.333. The van der Waals surface area contributed by atoms with Gasteiger partial charge in [-0.1, -0.05) is 69.2 Å². The van der Waals surface area contributed by atoms with Crippen LogP contribution in [0.5, 0.6) is 5.75 Å². The maximum Gasteiger partial charge on any atom is 0.303 e. The number of nitrogens with zero attached hydrogens (tertiary/aromatic N) is 1. The number of carboxylic acids is 1. The van der Waals surface area contributed by atoms with Crippen molar-refractivity contribution in [1.82, 2.24) is 4.57 Å². The van der Waals surface area contributed by atoms with E-state index in [0.717, 1.165) is 48.8 Å². The van der Waals surface area contributed by atoms with Crippen LogP contribution in [0.3, 0.4) is 0 Å². The predicted molar refractivity (Wildman–Crippen MR) is 152 cm³/mol. The third-order valence-electron chi connectivity index (χ3n) is 6.93. The minimum Gasteiger partial charge on any atom is -0.486 e. The molecule has 4 aromatic rings. The van der Waals surface area contributed by atoms with Gasteiger partial charge in [-0.3, -0.25) is 9.59 Å². The molecule has 1 N–H and O–H groups in total. The zero-order valence-corrected chi connectivity index (χ0v) is 22.4. The lowest BCUT2D eigenvalue weighted by Gasteiger charge is -2.20. The van der Waals surface area contributed by atoms with Gasteiger partial charge in [-0.15, -0.1) is 0 Å². The number of benzene rings is 3. The van der Waals surface area contributed by atoms with Crippen LogP contribution < -0.4 is 4.74 Å². The van der Waals surface area contributed by atoms with Gasteiger partial charge in [0.2, 0.25) is 0 Å². The number of para-hydroxylation sites is 1. The predicted octanol–water partition coefficient (Wildman–Crippen LogP) is 8.00. The number of aliphatic carboxylic acids is 1. The molecule has 0 saturated heterocycles. The lowest BCUT2D eigenvalue weighted by Crippen LogP contribution is -2.08. The van der Waals surface area contributed by atoms with Crippen LogP contribution in [0.15, 0.2) is 79.0 Å². The van der Waals surface area contributed by atoms with Crippen molar-refractivity contribution in [1.29, 1.82) is 0 Å². The Morgan fingerprint density at radius 1 is 0.895 bits per heavy atom. The van der Waals surface area contributed by atoms with E-state index in [4.69, 9.17) is 9.84 Å². The highest BCUT2D eigenvalue weighted by molar-refractivity contribution is 6.16. The van der Waals surface area contributed by atoms with E-state index in [0.29, 0.717) is 24.1 Å². The van der Waals surface area contributed by atoms with E-state index < -0.39 is 5.97 Å². The van der Waals surface area contributed by atoms with Gasteiger partial charge in [0, 0.05) is 41.2 Å². The van der Waals surface area contributed by atoms with Gasteiger partial charge in [0.15, 0.2) is 5.78 Å². The maximum atomic E-state index is 13.5. The summed E-state index contributed by atoms with van der Waals surface area (Å²) < 4.78 is 8.40. The second-order valence-electron chi connectivity index (χ2n) is 9.84. The Balaban J connectivity index is 1.51. The fourth-order valence-electron chi connectivity index (χ4n) is 4.89. The van der Waals surface area contributed by atoms with Crippen LogP contribution in [0.4, 0.5) is 0 Å². The van der Waals surface area contributed by atoms with Crippen molar-refractivity contribution in [2.24, 2.45) is 0 Å². The number of aryl methyl sites for hydroxylation is 2. The molecule has 0 aliphatic rings. The average Bonchev–Trinajstić information content (AvgIpc) is 3.30. The molecule has 1 unspecified atom stereocenters. The number of carboxylic acid groups (broad SMARTS) is 1. The normalized spacial score (nSPS) is 11.9. The van der Waals surface area contributed by atoms with E-state index in [1.54, 1.807) is 0 Å². The molecule has 0 bridgehead atoms. The Kier molecular flexibility index (Phi) is 9.36. The summed E-state index contributed by atoms with van der Waals surface area (Å²) in [5.41, 5.74) is 4.67. The summed E-state index contributed by atoms with van der Waals surface area (Å²) in [6.07, 6.45) is 7.75. The first-order valence-corrected chi connectivity index (χ1v) is 13.7. The third kappa shape index (κ3) is 6.71. The van der Waals surface area contributed by atoms with Gasteiger partial charge in [-0.05, 0) is 67.1 Å². The molecule has 0 radical (unpaired) electrons. The first-order chi connectivity index (χ1) is 18.5. The van der Waals surface area contributed by atoms with Gasteiger partial charge >= 0.3 is 5.97 Å². The van der Waals surface area contributed by atoms with E-state index >= 15 is 0 Å². The number of hydrogen-bond donors (Lipinski definition) is 1. The molecule has 0 amide bonds. The fourth-order valence-corrected chi connectivity index (χ4v) is 4.89. The van der Waals surface area contributed by atoms with Crippen molar-refractivity contribution in [3.05, 3.63) is 101 Å². The molecule has 3 aromatic carbocycles. The highest BCUT2D eigenvalue weighted by atomic mass is 16.5. The van der Waals surface area contributed by atoms with Crippen LogP contribution in [0, 0.1) is 0 Å². The Hall–Kier alpha value is -3.86. The Labute approximate surface area is 225 Å². The molecule has 0 aliphatic carbocycles. The number of ketones is 1. The second kappa shape index (κ2) is 13.1. The number of unbranched alkanes of at least 4 members (excludes halogenated alkanes) is 1. The van der Waals surface area contributed by atoms with Gasteiger partial charge in [-0.25, -0.2) is 0 Å². The molecule has 4 rings (SSSR count). The summed E-state index contributed by atoms with van der Waals surface area (Å²) in [5.74, 6) is -0.124. The largest absolute Gasteiger partial charge is 0.486 e. The molecule has 5 nitrogen and oxygen atoms in total. The summed E-state index contributed by atoms with van der Waals surface area (Å²) in [6.45, 7) is 4.92. The lowest BCUT2D eigenvalue weighted by molar-refractivity contribution is -0.137. The average molecular weight is 512 g/mol. The van der Waals surface area contributed by atoms with E-state index in [9.17, 15) is 9.59 Å². The molecule has 1 heterocycles. The number of carbonyl (C=O) groups excluding carboxylic acids is 1. The number of carbonyl (C=O) groups is 2. The Morgan fingerprint density at radius 3 is 2.32 bits per heavy atom. The first-order valence-electron chi connectivity index (χ1n) is 13.7. The molecule has 0 spiro atoms. The van der Waals surface area contributed by atoms with Crippen LogP contribution in [0.25, 0.3) is 10.9 Å². The van der Waals surface area contributed by atoms with Crippen LogP contribution in [-0.4, -0.2) is 21.4 Å². The zero-order chi connectivity index (χ0) is 26.9. The second-order valence-corrected chi connectivity index (χ2v) is 9.84. The minimum absolute atomic E-state index is 0.0315. The number of hydrogen-bond acceptors (Lipinski definition) is 3. The molecule has 0 aliphatic heterocycles. The van der Waals surface area contributed by atoms with Crippen LogP contribution in [0.2, 0.25) is 0 Å². The van der Waals surface area contributed by atoms with E-state index in [2.05, 4.69) is 38.1 Å². The molecule has 0 fully saturated rings. The zero-order valence-electron chi connectivity index (χ0n) is 22.4. The number of fused-ring (bicyclic) bond motifs is 1. The first kappa shape index (κ1) is 27.2. The summed E-state index contributed by atoms with van der Waals surface area (Å²) >= 11 is 0. The molecule has 5 heteroatoms. The molecule has 1 atom stereocenters. The maximum absolute atomic E-state index is 13.5. The van der Waals surface area contributed by atoms with Gasteiger partial charge in [0.05, 0.1) is 0 Å². The van der Waals surface area contributed by atoms with Crippen LogP contribution in [0.1, 0.15) is 85.5 Å². The minimum atomic E-state index is -0.814. The highest BCUT2D eigenvalue weighted by Crippen LogP contribution is 2.29. The SMILES string of the molecule is CCCCC(Oc1ccc(C(=O)c2cn(CCCC(=O)O)c3ccccc23)cc1)c1ccc(CCC)cc1. The van der Waals surface area contributed by atoms with Crippen molar-refractivity contribution < 1.29 is 19.4 Å². The topological polar surface area (TPSA) is 68.5 Å². The Bertz CT molecular complexity index is 1350. The van der Waals surface area contributed by atoms with E-state index in [-0.39, 0.29) is 18.3 Å². The quantitative estimate of drug-likeness (QED) is 0.174.